The zero-order valence-corrected chi connectivity index (χ0v) is 18.2. The summed E-state index contributed by atoms with van der Waals surface area (Å²) in [6.07, 6.45) is 1.24. The van der Waals surface area contributed by atoms with E-state index in [1.54, 1.807) is 24.3 Å². The van der Waals surface area contributed by atoms with Gasteiger partial charge in [0.25, 0.3) is 0 Å². The predicted molar refractivity (Wildman–Crippen MR) is 117 cm³/mol. The van der Waals surface area contributed by atoms with Gasteiger partial charge >= 0.3 is 0 Å². The van der Waals surface area contributed by atoms with E-state index in [-0.39, 0.29) is 14.8 Å². The molecule has 0 aliphatic heterocycles. The van der Waals surface area contributed by atoms with Gasteiger partial charge in [0, 0.05) is 23.2 Å². The maximum absolute atomic E-state index is 13.8. The second-order valence-corrected chi connectivity index (χ2v) is 9.02. The first-order valence-corrected chi connectivity index (χ1v) is 11.0. The summed E-state index contributed by atoms with van der Waals surface area (Å²) >= 11 is 6.17. The maximum Gasteiger partial charge on any atom is 0.208 e. The summed E-state index contributed by atoms with van der Waals surface area (Å²) < 4.78 is 51.4. The van der Waals surface area contributed by atoms with Gasteiger partial charge in [0.15, 0.2) is 0 Å². The third kappa shape index (κ3) is 3.82. The van der Waals surface area contributed by atoms with Crippen molar-refractivity contribution in [3.8, 4) is 22.6 Å². The Bertz CT molecular complexity index is 1410. The van der Waals surface area contributed by atoms with Crippen molar-refractivity contribution in [2.45, 2.75) is 9.79 Å². The van der Waals surface area contributed by atoms with E-state index in [2.05, 4.69) is 4.98 Å². The number of halogens is 2. The van der Waals surface area contributed by atoms with Crippen molar-refractivity contribution in [3.63, 3.8) is 0 Å². The number of benzene rings is 3. The highest BCUT2D eigenvalue weighted by Gasteiger charge is 2.26. The van der Waals surface area contributed by atoms with Crippen LogP contribution in [0.4, 0.5) is 4.39 Å². The Labute approximate surface area is 183 Å². The first-order valence-electron chi connectivity index (χ1n) is 9.16. The average molecular weight is 458 g/mol. The standard InChI is InChI=1S/C23H17ClFNO4S/c1-29-16-5-3-4-14(10-16)23-18-8-6-15(25)11-20(18)26-13-22(23)31(27,28)17-7-9-21(30-2)19(24)12-17/h3-13H,1-2H3. The lowest BCUT2D eigenvalue weighted by Gasteiger charge is -2.15. The molecule has 0 unspecified atom stereocenters. The fraction of sp³-hybridized carbons (Fsp3) is 0.0870. The lowest BCUT2D eigenvalue weighted by Crippen LogP contribution is -2.06. The highest BCUT2D eigenvalue weighted by Crippen LogP contribution is 2.39. The van der Waals surface area contributed by atoms with Crippen LogP contribution < -0.4 is 9.47 Å². The molecule has 8 heteroatoms. The monoisotopic (exact) mass is 457 g/mol. The third-order valence-electron chi connectivity index (χ3n) is 4.88. The molecule has 4 rings (SSSR count). The lowest BCUT2D eigenvalue weighted by molar-refractivity contribution is 0.414. The van der Waals surface area contributed by atoms with Gasteiger partial charge in [0.2, 0.25) is 9.84 Å². The minimum absolute atomic E-state index is 0.00860. The van der Waals surface area contributed by atoms with Crippen molar-refractivity contribution in [2.24, 2.45) is 0 Å². The van der Waals surface area contributed by atoms with Crippen LogP contribution in [0.25, 0.3) is 22.0 Å². The van der Waals surface area contributed by atoms with Crippen LogP contribution in [0.5, 0.6) is 11.5 Å². The normalized spacial score (nSPS) is 11.5. The molecule has 0 atom stereocenters. The summed E-state index contributed by atoms with van der Waals surface area (Å²) in [4.78, 5) is 4.18. The molecule has 3 aromatic carbocycles. The van der Waals surface area contributed by atoms with Gasteiger partial charge in [-0.3, -0.25) is 4.98 Å². The molecule has 1 heterocycles. The Balaban J connectivity index is 2.04. The number of methoxy groups -OCH3 is 2. The van der Waals surface area contributed by atoms with E-state index >= 15 is 0 Å². The SMILES string of the molecule is COc1cccc(-c2c(S(=O)(=O)c3ccc(OC)c(Cl)c3)cnc3cc(F)ccc23)c1. The number of hydrogen-bond donors (Lipinski definition) is 0. The zero-order valence-electron chi connectivity index (χ0n) is 16.6. The highest BCUT2D eigenvalue weighted by molar-refractivity contribution is 7.91. The zero-order chi connectivity index (χ0) is 22.2. The molecule has 0 N–H and O–H groups in total. The third-order valence-corrected chi connectivity index (χ3v) is 6.94. The summed E-state index contributed by atoms with van der Waals surface area (Å²) in [5, 5.41) is 0.665. The van der Waals surface area contributed by atoms with E-state index in [0.29, 0.717) is 33.5 Å². The van der Waals surface area contributed by atoms with Crippen LogP contribution in [0, 0.1) is 5.82 Å². The summed E-state index contributed by atoms with van der Waals surface area (Å²) in [6.45, 7) is 0. The van der Waals surface area contributed by atoms with Gasteiger partial charge in [-0.15, -0.1) is 0 Å². The van der Waals surface area contributed by atoms with Crippen LogP contribution in [0.2, 0.25) is 5.02 Å². The maximum atomic E-state index is 13.8. The van der Waals surface area contributed by atoms with E-state index in [1.165, 1.54) is 56.8 Å². The Morgan fingerprint density at radius 3 is 2.48 bits per heavy atom. The Kier molecular flexibility index (Phi) is 5.56. The molecule has 1 aromatic heterocycles. The molecular formula is C23H17ClFNO4S. The minimum Gasteiger partial charge on any atom is -0.497 e. The van der Waals surface area contributed by atoms with Crippen molar-refractivity contribution in [1.29, 1.82) is 0 Å². The predicted octanol–water partition coefficient (Wildman–Crippen LogP) is 5.54. The molecule has 0 saturated carbocycles. The second-order valence-electron chi connectivity index (χ2n) is 6.69. The molecule has 158 valence electrons. The molecule has 0 bridgehead atoms. The van der Waals surface area contributed by atoms with Gasteiger partial charge in [-0.25, -0.2) is 12.8 Å². The summed E-state index contributed by atoms with van der Waals surface area (Å²) in [6, 6.07) is 15.3. The molecule has 4 aromatic rings. The smallest absolute Gasteiger partial charge is 0.208 e. The summed E-state index contributed by atoms with van der Waals surface area (Å²) in [5.41, 5.74) is 1.33. The number of nitrogens with zero attached hydrogens (tertiary/aromatic N) is 1. The lowest BCUT2D eigenvalue weighted by atomic mass is 10.0. The number of hydrogen-bond acceptors (Lipinski definition) is 5. The fourth-order valence-electron chi connectivity index (χ4n) is 3.37. The van der Waals surface area contributed by atoms with Crippen LogP contribution in [-0.2, 0) is 9.84 Å². The van der Waals surface area contributed by atoms with Crippen molar-refractivity contribution < 1.29 is 22.3 Å². The van der Waals surface area contributed by atoms with Crippen molar-refractivity contribution in [2.75, 3.05) is 14.2 Å². The van der Waals surface area contributed by atoms with Crippen LogP contribution in [-0.4, -0.2) is 27.6 Å². The number of ether oxygens (including phenoxy) is 2. The number of sulfone groups is 1. The van der Waals surface area contributed by atoms with E-state index in [0.717, 1.165) is 0 Å². The van der Waals surface area contributed by atoms with E-state index in [1.807, 2.05) is 0 Å². The molecule has 0 aliphatic carbocycles. The Morgan fingerprint density at radius 1 is 0.968 bits per heavy atom. The van der Waals surface area contributed by atoms with E-state index in [9.17, 15) is 12.8 Å². The number of aromatic nitrogens is 1. The average Bonchev–Trinajstić information content (AvgIpc) is 2.78. The summed E-state index contributed by atoms with van der Waals surface area (Å²) in [7, 11) is -1.05. The van der Waals surface area contributed by atoms with Crippen LogP contribution >= 0.6 is 11.6 Å². The van der Waals surface area contributed by atoms with Gasteiger partial charge in [-0.1, -0.05) is 23.7 Å². The largest absolute Gasteiger partial charge is 0.497 e. The molecule has 0 saturated heterocycles. The highest BCUT2D eigenvalue weighted by atomic mass is 35.5. The van der Waals surface area contributed by atoms with Gasteiger partial charge in [0.1, 0.15) is 17.3 Å². The van der Waals surface area contributed by atoms with Crippen molar-refractivity contribution in [1.82, 2.24) is 4.98 Å². The number of fused-ring (bicyclic) bond motifs is 1. The van der Waals surface area contributed by atoms with Crippen molar-refractivity contribution >= 4 is 32.3 Å². The van der Waals surface area contributed by atoms with Crippen molar-refractivity contribution in [3.05, 3.63) is 77.7 Å². The van der Waals surface area contributed by atoms with E-state index < -0.39 is 15.7 Å². The van der Waals surface area contributed by atoms with Crippen LogP contribution in [0.1, 0.15) is 0 Å². The molecule has 0 amide bonds. The van der Waals surface area contributed by atoms with Gasteiger partial charge < -0.3 is 9.47 Å². The molecule has 0 fully saturated rings. The fourth-order valence-corrected chi connectivity index (χ4v) is 5.15. The molecule has 31 heavy (non-hydrogen) atoms. The molecule has 0 spiro atoms. The van der Waals surface area contributed by atoms with Crippen LogP contribution in [0.3, 0.4) is 0 Å². The molecule has 0 aliphatic rings. The quantitative estimate of drug-likeness (QED) is 0.393. The van der Waals surface area contributed by atoms with Gasteiger partial charge in [-0.2, -0.15) is 0 Å². The second kappa shape index (κ2) is 8.17. The van der Waals surface area contributed by atoms with Gasteiger partial charge in [0.05, 0.1) is 34.5 Å². The molecule has 5 nitrogen and oxygen atoms in total. The minimum atomic E-state index is -4.02. The Hall–Kier alpha value is -3.16. The molecular weight excluding hydrogens is 441 g/mol. The van der Waals surface area contributed by atoms with E-state index in [4.69, 9.17) is 21.1 Å². The van der Waals surface area contributed by atoms with Crippen LogP contribution in [0.15, 0.2) is 76.7 Å². The first-order chi connectivity index (χ1) is 14.8. The first kappa shape index (κ1) is 21.1. The Morgan fingerprint density at radius 2 is 1.77 bits per heavy atom. The molecule has 0 radical (unpaired) electrons. The summed E-state index contributed by atoms with van der Waals surface area (Å²) in [5.74, 6) is 0.454. The van der Waals surface area contributed by atoms with Gasteiger partial charge in [-0.05, 0) is 48.0 Å². The number of rotatable bonds is 5. The topological polar surface area (TPSA) is 65.5 Å². The number of pyridine rings is 1.